The smallest absolute Gasteiger partial charge is 0.335 e. The van der Waals surface area contributed by atoms with E-state index in [0.29, 0.717) is 6.42 Å². The summed E-state index contributed by atoms with van der Waals surface area (Å²) in [6, 6.07) is 23.4. The standard InChI is InChI=1S/C28H25NO4/c29-17-25(30)33-26-24-8-4-3-7-22(24)16-28(26,15-18-9-11-19(12-10-18)27(31)32)23-13-20-5-1-2-6-21(20)14-23/h1-13,26H,14-17,29H2,(H,31,32). The number of carboxylic acids is 1. The van der Waals surface area contributed by atoms with E-state index in [4.69, 9.17) is 10.5 Å². The molecule has 3 N–H and O–H groups in total. The van der Waals surface area contributed by atoms with Gasteiger partial charge in [-0.2, -0.15) is 0 Å². The second kappa shape index (κ2) is 8.34. The number of ether oxygens (including phenoxy) is 1. The number of carboxylic acid groups (broad SMARTS) is 1. The average molecular weight is 440 g/mol. The van der Waals surface area contributed by atoms with Gasteiger partial charge in [-0.3, -0.25) is 4.79 Å². The molecular formula is C28H25NO4. The quantitative estimate of drug-likeness (QED) is 0.557. The topological polar surface area (TPSA) is 89.6 Å². The van der Waals surface area contributed by atoms with Crippen LogP contribution in [-0.4, -0.2) is 23.6 Å². The van der Waals surface area contributed by atoms with Crippen LogP contribution >= 0.6 is 0 Å². The largest absolute Gasteiger partial charge is 0.478 e. The Morgan fingerprint density at radius 1 is 0.970 bits per heavy atom. The number of aromatic carboxylic acids is 1. The molecule has 5 rings (SSSR count). The third-order valence-corrected chi connectivity index (χ3v) is 6.89. The van der Waals surface area contributed by atoms with Crippen molar-refractivity contribution in [2.24, 2.45) is 11.1 Å². The van der Waals surface area contributed by atoms with Crippen molar-refractivity contribution >= 4 is 18.0 Å². The van der Waals surface area contributed by atoms with Crippen molar-refractivity contribution < 1.29 is 19.4 Å². The van der Waals surface area contributed by atoms with Crippen LogP contribution in [0.5, 0.6) is 0 Å². The number of rotatable bonds is 6. The maximum absolute atomic E-state index is 12.4. The molecule has 5 heteroatoms. The van der Waals surface area contributed by atoms with E-state index >= 15 is 0 Å². The summed E-state index contributed by atoms with van der Waals surface area (Å²) in [7, 11) is 0. The van der Waals surface area contributed by atoms with Gasteiger partial charge in [-0.25, -0.2) is 4.79 Å². The van der Waals surface area contributed by atoms with Crippen molar-refractivity contribution in [1.29, 1.82) is 0 Å². The summed E-state index contributed by atoms with van der Waals surface area (Å²) in [4.78, 5) is 23.8. The number of esters is 1. The van der Waals surface area contributed by atoms with E-state index in [1.165, 1.54) is 16.7 Å². The molecule has 0 aromatic heterocycles. The third kappa shape index (κ3) is 3.74. The number of carbonyl (C=O) groups is 2. The molecule has 0 fully saturated rings. The highest BCUT2D eigenvalue weighted by atomic mass is 16.5. The van der Waals surface area contributed by atoms with Gasteiger partial charge in [0.2, 0.25) is 0 Å². The van der Waals surface area contributed by atoms with Crippen LogP contribution in [0, 0.1) is 5.41 Å². The molecule has 3 aromatic carbocycles. The van der Waals surface area contributed by atoms with E-state index in [1.807, 2.05) is 42.5 Å². The van der Waals surface area contributed by atoms with Crippen LogP contribution in [0.4, 0.5) is 0 Å². The van der Waals surface area contributed by atoms with Gasteiger partial charge in [0.15, 0.2) is 0 Å². The van der Waals surface area contributed by atoms with Crippen LogP contribution < -0.4 is 5.73 Å². The Morgan fingerprint density at radius 3 is 2.36 bits per heavy atom. The van der Waals surface area contributed by atoms with E-state index < -0.39 is 23.5 Å². The summed E-state index contributed by atoms with van der Waals surface area (Å²) < 4.78 is 6.05. The van der Waals surface area contributed by atoms with Crippen molar-refractivity contribution in [3.8, 4) is 0 Å². The highest BCUT2D eigenvalue weighted by Gasteiger charge is 2.51. The monoisotopic (exact) mass is 439 g/mol. The molecule has 0 spiro atoms. The van der Waals surface area contributed by atoms with Crippen LogP contribution in [0.15, 0.2) is 78.4 Å². The average Bonchev–Trinajstić information content (AvgIpc) is 3.40. The molecule has 0 amide bonds. The Bertz CT molecular complexity index is 1260. The maximum Gasteiger partial charge on any atom is 0.335 e. The van der Waals surface area contributed by atoms with Crippen LogP contribution in [0.3, 0.4) is 0 Å². The number of hydrogen-bond donors (Lipinski definition) is 2. The lowest BCUT2D eigenvalue weighted by atomic mass is 9.70. The Balaban J connectivity index is 1.62. The molecule has 2 aliphatic rings. The zero-order chi connectivity index (χ0) is 23.0. The van der Waals surface area contributed by atoms with Crippen molar-refractivity contribution in [3.05, 3.63) is 112 Å². The Morgan fingerprint density at radius 2 is 1.67 bits per heavy atom. The van der Waals surface area contributed by atoms with Crippen molar-refractivity contribution in [2.45, 2.75) is 25.4 Å². The highest BCUT2D eigenvalue weighted by molar-refractivity contribution is 5.87. The zero-order valence-electron chi connectivity index (χ0n) is 18.2. The first-order chi connectivity index (χ1) is 16.0. The SMILES string of the molecule is NCC(=O)OC1c2ccccc2CC1(Cc1ccc(C(=O)O)cc1)C1=Cc2ccccc2C1. The van der Waals surface area contributed by atoms with E-state index in [-0.39, 0.29) is 12.1 Å². The summed E-state index contributed by atoms with van der Waals surface area (Å²) in [5.74, 6) is -1.38. The molecule has 2 atom stereocenters. The molecule has 0 bridgehead atoms. The van der Waals surface area contributed by atoms with E-state index in [1.54, 1.807) is 12.1 Å². The van der Waals surface area contributed by atoms with Gasteiger partial charge in [0.25, 0.3) is 0 Å². The molecule has 0 aliphatic heterocycles. The van der Waals surface area contributed by atoms with E-state index in [9.17, 15) is 14.7 Å². The van der Waals surface area contributed by atoms with Gasteiger partial charge in [-0.1, -0.05) is 72.3 Å². The fraction of sp³-hybridized carbons (Fsp3) is 0.214. The minimum atomic E-state index is -0.951. The van der Waals surface area contributed by atoms with Crippen molar-refractivity contribution in [1.82, 2.24) is 0 Å². The molecule has 0 heterocycles. The summed E-state index contributed by atoms with van der Waals surface area (Å²) in [5, 5.41) is 9.29. The Labute approximate surface area is 192 Å². The minimum absolute atomic E-state index is 0.179. The third-order valence-electron chi connectivity index (χ3n) is 6.89. The van der Waals surface area contributed by atoms with Crippen LogP contribution in [-0.2, 0) is 28.8 Å². The van der Waals surface area contributed by atoms with E-state index in [2.05, 4.69) is 24.3 Å². The van der Waals surface area contributed by atoms with Gasteiger partial charge in [0.1, 0.15) is 6.10 Å². The molecule has 3 aromatic rings. The lowest BCUT2D eigenvalue weighted by Gasteiger charge is -2.37. The molecule has 0 saturated heterocycles. The van der Waals surface area contributed by atoms with E-state index in [0.717, 1.165) is 29.5 Å². The minimum Gasteiger partial charge on any atom is -0.478 e. The van der Waals surface area contributed by atoms with Gasteiger partial charge in [0, 0.05) is 5.41 Å². The zero-order valence-corrected chi connectivity index (χ0v) is 18.2. The highest BCUT2D eigenvalue weighted by Crippen LogP contribution is 2.56. The number of carbonyl (C=O) groups excluding carboxylic acids is 1. The fourth-order valence-corrected chi connectivity index (χ4v) is 5.32. The predicted molar refractivity (Wildman–Crippen MR) is 126 cm³/mol. The summed E-state index contributed by atoms with van der Waals surface area (Å²) in [6.07, 6.45) is 3.89. The molecule has 2 unspecified atom stereocenters. The summed E-state index contributed by atoms with van der Waals surface area (Å²) >= 11 is 0. The fourth-order valence-electron chi connectivity index (χ4n) is 5.32. The molecule has 33 heavy (non-hydrogen) atoms. The first kappa shape index (κ1) is 21.2. The van der Waals surface area contributed by atoms with Gasteiger partial charge >= 0.3 is 11.9 Å². The number of benzene rings is 3. The van der Waals surface area contributed by atoms with Gasteiger partial charge in [0.05, 0.1) is 12.1 Å². The number of nitrogens with two attached hydrogens (primary N) is 1. The predicted octanol–water partition coefficient (Wildman–Crippen LogP) is 4.35. The lowest BCUT2D eigenvalue weighted by Crippen LogP contribution is -2.35. The van der Waals surface area contributed by atoms with Gasteiger partial charge < -0.3 is 15.6 Å². The maximum atomic E-state index is 12.4. The number of hydrogen-bond acceptors (Lipinski definition) is 4. The molecule has 5 nitrogen and oxygen atoms in total. The van der Waals surface area contributed by atoms with Crippen LogP contribution in [0.1, 0.15) is 44.3 Å². The summed E-state index contributed by atoms with van der Waals surface area (Å²) in [5.41, 5.74) is 12.2. The first-order valence-electron chi connectivity index (χ1n) is 11.1. The second-order valence-corrected chi connectivity index (χ2v) is 8.83. The van der Waals surface area contributed by atoms with Gasteiger partial charge in [-0.05, 0) is 59.2 Å². The van der Waals surface area contributed by atoms with Crippen molar-refractivity contribution in [3.63, 3.8) is 0 Å². The van der Waals surface area contributed by atoms with Crippen molar-refractivity contribution in [2.75, 3.05) is 6.54 Å². The Kier molecular flexibility index (Phi) is 5.35. The molecule has 166 valence electrons. The summed E-state index contributed by atoms with van der Waals surface area (Å²) in [6.45, 7) is -0.179. The molecule has 0 saturated carbocycles. The lowest BCUT2D eigenvalue weighted by molar-refractivity contribution is -0.153. The first-order valence-corrected chi connectivity index (χ1v) is 11.1. The van der Waals surface area contributed by atoms with Gasteiger partial charge in [-0.15, -0.1) is 0 Å². The Hall–Kier alpha value is -3.70. The second-order valence-electron chi connectivity index (χ2n) is 8.83. The molecular weight excluding hydrogens is 414 g/mol. The number of fused-ring (bicyclic) bond motifs is 2. The van der Waals surface area contributed by atoms with Crippen LogP contribution in [0.25, 0.3) is 6.08 Å². The normalized spacial score (nSPS) is 20.6. The molecule has 0 radical (unpaired) electrons. The molecule has 2 aliphatic carbocycles. The van der Waals surface area contributed by atoms with Crippen LogP contribution in [0.2, 0.25) is 0 Å².